The van der Waals surface area contributed by atoms with Crippen LogP contribution >= 0.6 is 27.3 Å². The van der Waals surface area contributed by atoms with Crippen molar-refractivity contribution in [2.45, 2.75) is 6.42 Å². The average molecular weight is 291 g/mol. The molecule has 0 atom stereocenters. The van der Waals surface area contributed by atoms with E-state index in [9.17, 15) is 8.78 Å². The van der Waals surface area contributed by atoms with Gasteiger partial charge in [0.2, 0.25) is 11.9 Å². The Morgan fingerprint density at radius 1 is 1.27 bits per heavy atom. The quantitative estimate of drug-likeness (QED) is 0.794. The molecular formula is C9H5BrF2N2S. The van der Waals surface area contributed by atoms with E-state index in [1.54, 1.807) is 0 Å². The SMILES string of the molecule is Fc1nc(Cc2cccs2)nc(F)c1Br. The fourth-order valence-electron chi connectivity index (χ4n) is 1.08. The highest BCUT2D eigenvalue weighted by molar-refractivity contribution is 9.10. The number of hydrogen-bond donors (Lipinski definition) is 0. The predicted molar refractivity (Wildman–Crippen MR) is 56.8 cm³/mol. The summed E-state index contributed by atoms with van der Waals surface area (Å²) >= 11 is 4.22. The van der Waals surface area contributed by atoms with Gasteiger partial charge in [-0.3, -0.25) is 0 Å². The minimum atomic E-state index is -0.867. The van der Waals surface area contributed by atoms with Crippen LogP contribution in [-0.4, -0.2) is 9.97 Å². The summed E-state index contributed by atoms with van der Waals surface area (Å²) in [5, 5.41) is 1.89. The van der Waals surface area contributed by atoms with Crippen LogP contribution in [0.5, 0.6) is 0 Å². The molecule has 0 bridgehead atoms. The maximum atomic E-state index is 13.0. The van der Waals surface area contributed by atoms with Crippen LogP contribution in [0, 0.1) is 11.9 Å². The molecule has 0 amide bonds. The van der Waals surface area contributed by atoms with Gasteiger partial charge in [0.15, 0.2) is 0 Å². The summed E-state index contributed by atoms with van der Waals surface area (Å²) in [6.45, 7) is 0. The van der Waals surface area contributed by atoms with Gasteiger partial charge < -0.3 is 0 Å². The first-order chi connectivity index (χ1) is 7.16. The van der Waals surface area contributed by atoms with Crippen molar-refractivity contribution in [2.24, 2.45) is 0 Å². The first-order valence-electron chi connectivity index (χ1n) is 4.06. The van der Waals surface area contributed by atoms with E-state index in [0.29, 0.717) is 6.42 Å². The standard InChI is InChI=1S/C9H5BrF2N2S/c10-7-8(11)13-6(14-9(7)12)4-5-2-1-3-15-5/h1-3H,4H2. The summed E-state index contributed by atoms with van der Waals surface area (Å²) in [6, 6.07) is 3.73. The third-order valence-corrected chi connectivity index (χ3v) is 3.26. The van der Waals surface area contributed by atoms with Gasteiger partial charge in [0.05, 0.1) is 0 Å². The number of rotatable bonds is 2. The van der Waals surface area contributed by atoms with Gasteiger partial charge in [-0.2, -0.15) is 8.78 Å². The van der Waals surface area contributed by atoms with Gasteiger partial charge in [-0.25, -0.2) is 9.97 Å². The highest BCUT2D eigenvalue weighted by Crippen LogP contribution is 2.18. The second-order valence-electron chi connectivity index (χ2n) is 2.79. The van der Waals surface area contributed by atoms with Gasteiger partial charge in [-0.05, 0) is 27.4 Å². The molecule has 0 saturated heterocycles. The zero-order chi connectivity index (χ0) is 10.8. The molecule has 0 unspecified atom stereocenters. The third kappa shape index (κ3) is 2.38. The number of thiophene rings is 1. The van der Waals surface area contributed by atoms with Crippen molar-refractivity contribution < 1.29 is 8.78 Å². The first-order valence-corrected chi connectivity index (χ1v) is 5.74. The van der Waals surface area contributed by atoms with Crippen molar-refractivity contribution in [3.05, 3.63) is 44.6 Å². The van der Waals surface area contributed by atoms with E-state index >= 15 is 0 Å². The summed E-state index contributed by atoms with van der Waals surface area (Å²) < 4.78 is 25.7. The Kier molecular flexibility index (Phi) is 3.06. The van der Waals surface area contributed by atoms with Gasteiger partial charge in [0.25, 0.3) is 0 Å². The number of hydrogen-bond acceptors (Lipinski definition) is 3. The molecule has 15 heavy (non-hydrogen) atoms. The fourth-order valence-corrected chi connectivity index (χ4v) is 1.96. The summed E-state index contributed by atoms with van der Waals surface area (Å²) in [5.74, 6) is -1.58. The smallest absolute Gasteiger partial charge is 0.203 e. The molecule has 2 aromatic heterocycles. The van der Waals surface area contributed by atoms with Crippen LogP contribution in [0.2, 0.25) is 0 Å². The van der Waals surface area contributed by atoms with Crippen molar-refractivity contribution in [3.63, 3.8) is 0 Å². The van der Waals surface area contributed by atoms with Crippen molar-refractivity contribution >= 4 is 27.3 Å². The maximum absolute atomic E-state index is 13.0. The summed E-state index contributed by atoms with van der Waals surface area (Å²) in [4.78, 5) is 8.07. The summed E-state index contributed by atoms with van der Waals surface area (Å²) in [7, 11) is 0. The molecule has 2 nitrogen and oxygen atoms in total. The highest BCUT2D eigenvalue weighted by atomic mass is 79.9. The van der Waals surface area contributed by atoms with Crippen LogP contribution in [0.25, 0.3) is 0 Å². The van der Waals surface area contributed by atoms with E-state index in [2.05, 4.69) is 25.9 Å². The van der Waals surface area contributed by atoms with E-state index in [-0.39, 0.29) is 10.3 Å². The van der Waals surface area contributed by atoms with Crippen LogP contribution in [0.3, 0.4) is 0 Å². The van der Waals surface area contributed by atoms with Crippen molar-refractivity contribution in [2.75, 3.05) is 0 Å². The Labute approximate surface area is 97.1 Å². The van der Waals surface area contributed by atoms with Gasteiger partial charge in [-0.15, -0.1) is 11.3 Å². The molecule has 0 fully saturated rings. The van der Waals surface area contributed by atoms with E-state index < -0.39 is 11.9 Å². The molecule has 78 valence electrons. The second-order valence-corrected chi connectivity index (χ2v) is 4.62. The summed E-state index contributed by atoms with van der Waals surface area (Å²) in [5.41, 5.74) is 0. The van der Waals surface area contributed by atoms with Crippen LogP contribution in [0.15, 0.2) is 22.0 Å². The lowest BCUT2D eigenvalue weighted by atomic mass is 10.3. The fraction of sp³-hybridized carbons (Fsp3) is 0.111. The third-order valence-electron chi connectivity index (χ3n) is 1.73. The molecule has 0 N–H and O–H groups in total. The molecule has 2 rings (SSSR count). The Bertz CT molecular complexity index is 450. The molecule has 0 aliphatic rings. The topological polar surface area (TPSA) is 25.8 Å². The normalized spacial score (nSPS) is 10.6. The predicted octanol–water partition coefficient (Wildman–Crippen LogP) is 3.17. The average Bonchev–Trinajstić information content (AvgIpc) is 2.66. The van der Waals surface area contributed by atoms with Crippen molar-refractivity contribution in [1.29, 1.82) is 0 Å². The maximum Gasteiger partial charge on any atom is 0.233 e. The molecule has 0 aromatic carbocycles. The van der Waals surface area contributed by atoms with E-state index in [1.807, 2.05) is 17.5 Å². The monoisotopic (exact) mass is 290 g/mol. The van der Waals surface area contributed by atoms with Crippen molar-refractivity contribution in [1.82, 2.24) is 9.97 Å². The minimum absolute atomic E-state index is 0.149. The van der Waals surface area contributed by atoms with Gasteiger partial charge >= 0.3 is 0 Å². The summed E-state index contributed by atoms with van der Waals surface area (Å²) in [6.07, 6.45) is 0.346. The lowest BCUT2D eigenvalue weighted by Gasteiger charge is -2.00. The molecule has 2 aromatic rings. The molecule has 0 aliphatic heterocycles. The van der Waals surface area contributed by atoms with Gasteiger partial charge in [0.1, 0.15) is 10.3 Å². The van der Waals surface area contributed by atoms with E-state index in [1.165, 1.54) is 11.3 Å². The molecule has 0 radical (unpaired) electrons. The lowest BCUT2D eigenvalue weighted by molar-refractivity contribution is 0.503. The highest BCUT2D eigenvalue weighted by Gasteiger charge is 2.12. The van der Waals surface area contributed by atoms with Crippen molar-refractivity contribution in [3.8, 4) is 0 Å². The molecule has 0 saturated carbocycles. The Hall–Kier alpha value is -0.880. The number of nitrogens with zero attached hydrogens (tertiary/aromatic N) is 2. The molecule has 0 spiro atoms. The Morgan fingerprint density at radius 3 is 2.47 bits per heavy atom. The lowest BCUT2D eigenvalue weighted by Crippen LogP contribution is -2.02. The first kappa shape index (κ1) is 10.6. The molecule has 0 aliphatic carbocycles. The number of halogens is 3. The molecular weight excluding hydrogens is 286 g/mol. The van der Waals surface area contributed by atoms with Crippen LogP contribution in [0.1, 0.15) is 10.7 Å². The van der Waals surface area contributed by atoms with Gasteiger partial charge in [0, 0.05) is 11.3 Å². The Morgan fingerprint density at radius 2 is 1.93 bits per heavy atom. The Balaban J connectivity index is 2.30. The van der Waals surface area contributed by atoms with Crippen LogP contribution in [0.4, 0.5) is 8.78 Å². The van der Waals surface area contributed by atoms with E-state index in [4.69, 9.17) is 0 Å². The van der Waals surface area contributed by atoms with E-state index in [0.717, 1.165) is 4.88 Å². The number of aromatic nitrogens is 2. The van der Waals surface area contributed by atoms with Gasteiger partial charge in [-0.1, -0.05) is 6.07 Å². The molecule has 6 heteroatoms. The largest absolute Gasteiger partial charge is 0.233 e. The molecule has 2 heterocycles. The second kappa shape index (κ2) is 4.32. The zero-order valence-electron chi connectivity index (χ0n) is 7.38. The minimum Gasteiger partial charge on any atom is -0.203 e. The van der Waals surface area contributed by atoms with Crippen LogP contribution < -0.4 is 0 Å². The zero-order valence-corrected chi connectivity index (χ0v) is 9.78. The van der Waals surface area contributed by atoms with Crippen LogP contribution in [-0.2, 0) is 6.42 Å².